The lowest BCUT2D eigenvalue weighted by molar-refractivity contribution is 0.0955. The largest absolute Gasteiger partial charge is 0.508 e. The Hall–Kier alpha value is -3.60. The van der Waals surface area contributed by atoms with E-state index >= 15 is 0 Å². The molecule has 4 rings (SSSR count). The molecular weight excluding hydrogens is 338 g/mol. The molecule has 0 unspecified atom stereocenters. The Morgan fingerprint density at radius 1 is 0.963 bits per heavy atom. The third-order valence-electron chi connectivity index (χ3n) is 4.56. The molecule has 0 aliphatic carbocycles. The van der Waals surface area contributed by atoms with Crippen LogP contribution in [0.5, 0.6) is 5.75 Å². The molecule has 134 valence electrons. The Kier molecular flexibility index (Phi) is 4.58. The van der Waals surface area contributed by atoms with E-state index in [9.17, 15) is 9.90 Å². The maximum Gasteiger partial charge on any atom is 0.271 e. The number of benzene rings is 3. The Balaban J connectivity index is 1.44. The maximum atomic E-state index is 12.4. The van der Waals surface area contributed by atoms with Crippen LogP contribution >= 0.6 is 0 Å². The molecule has 0 aromatic heterocycles. The van der Waals surface area contributed by atoms with Crippen LogP contribution < -0.4 is 10.3 Å². The summed E-state index contributed by atoms with van der Waals surface area (Å²) in [5.74, 6) is -0.116. The van der Waals surface area contributed by atoms with Crippen LogP contribution in [-0.2, 0) is 13.1 Å². The van der Waals surface area contributed by atoms with Crippen LogP contribution in [0.3, 0.4) is 0 Å². The van der Waals surface area contributed by atoms with Crippen LogP contribution in [-0.4, -0.2) is 17.2 Å². The fourth-order valence-corrected chi connectivity index (χ4v) is 3.19. The Labute approximate surface area is 157 Å². The van der Waals surface area contributed by atoms with Gasteiger partial charge in [-0.2, -0.15) is 5.10 Å². The third-order valence-corrected chi connectivity index (χ3v) is 4.56. The summed E-state index contributed by atoms with van der Waals surface area (Å²) in [7, 11) is 0. The number of aromatic hydroxyl groups is 1. The van der Waals surface area contributed by atoms with Gasteiger partial charge in [0.1, 0.15) is 5.75 Å². The van der Waals surface area contributed by atoms with Gasteiger partial charge in [-0.1, -0.05) is 42.5 Å². The normalized spacial score (nSPS) is 13.0. The van der Waals surface area contributed by atoms with Crippen LogP contribution in [0, 0.1) is 0 Å². The average molecular weight is 357 g/mol. The van der Waals surface area contributed by atoms with Crippen molar-refractivity contribution in [3.63, 3.8) is 0 Å². The summed E-state index contributed by atoms with van der Waals surface area (Å²) < 4.78 is 0. The van der Waals surface area contributed by atoms with Crippen LogP contribution in [0.2, 0.25) is 0 Å². The van der Waals surface area contributed by atoms with Gasteiger partial charge in [-0.15, -0.1) is 0 Å². The Morgan fingerprint density at radius 3 is 2.44 bits per heavy atom. The summed E-state index contributed by atoms with van der Waals surface area (Å²) >= 11 is 0. The van der Waals surface area contributed by atoms with E-state index in [-0.39, 0.29) is 11.7 Å². The number of hydrogen-bond donors (Lipinski definition) is 2. The number of hydrogen-bond acceptors (Lipinski definition) is 4. The lowest BCUT2D eigenvalue weighted by Gasteiger charge is -2.18. The van der Waals surface area contributed by atoms with Gasteiger partial charge in [0.15, 0.2) is 0 Å². The topological polar surface area (TPSA) is 64.9 Å². The number of fused-ring (bicyclic) bond motifs is 1. The van der Waals surface area contributed by atoms with E-state index in [2.05, 4.69) is 39.7 Å². The van der Waals surface area contributed by atoms with Gasteiger partial charge in [-0.05, 0) is 47.0 Å². The molecule has 0 spiro atoms. The van der Waals surface area contributed by atoms with E-state index in [0.29, 0.717) is 11.1 Å². The van der Waals surface area contributed by atoms with E-state index < -0.39 is 0 Å². The average Bonchev–Trinajstić information content (AvgIpc) is 3.12. The zero-order valence-electron chi connectivity index (χ0n) is 14.7. The summed E-state index contributed by atoms with van der Waals surface area (Å²) in [5.41, 5.74) is 7.45. The summed E-state index contributed by atoms with van der Waals surface area (Å²) in [6.07, 6.45) is 1.50. The molecule has 27 heavy (non-hydrogen) atoms. The number of carbonyl (C=O) groups is 1. The van der Waals surface area contributed by atoms with Crippen LogP contribution in [0.25, 0.3) is 0 Å². The molecule has 2 N–H and O–H groups in total. The second-order valence-corrected chi connectivity index (χ2v) is 6.47. The van der Waals surface area contributed by atoms with Crippen molar-refractivity contribution in [2.24, 2.45) is 5.10 Å². The summed E-state index contributed by atoms with van der Waals surface area (Å²) in [6.45, 7) is 1.69. The van der Waals surface area contributed by atoms with Crippen LogP contribution in [0.4, 0.5) is 5.69 Å². The molecule has 1 heterocycles. The highest BCUT2D eigenvalue weighted by molar-refractivity contribution is 5.95. The van der Waals surface area contributed by atoms with Gasteiger partial charge in [0, 0.05) is 24.3 Å². The molecule has 0 atom stereocenters. The fourth-order valence-electron chi connectivity index (χ4n) is 3.19. The van der Waals surface area contributed by atoms with E-state index in [1.807, 2.05) is 18.2 Å². The van der Waals surface area contributed by atoms with Gasteiger partial charge in [0.25, 0.3) is 5.91 Å². The lowest BCUT2D eigenvalue weighted by Crippen LogP contribution is -2.19. The Morgan fingerprint density at radius 2 is 1.70 bits per heavy atom. The first kappa shape index (κ1) is 16.8. The molecule has 0 bridgehead atoms. The van der Waals surface area contributed by atoms with Gasteiger partial charge in [0.2, 0.25) is 0 Å². The minimum Gasteiger partial charge on any atom is -0.508 e. The molecule has 5 heteroatoms. The molecule has 3 aromatic carbocycles. The van der Waals surface area contributed by atoms with Gasteiger partial charge >= 0.3 is 0 Å². The smallest absolute Gasteiger partial charge is 0.271 e. The number of hydrazone groups is 1. The first-order valence-electron chi connectivity index (χ1n) is 8.73. The monoisotopic (exact) mass is 357 g/mol. The SMILES string of the molecule is O=C(N/N=C/c1cccc(O)c1)c1cccc(N2Cc3ccccc3C2)c1. The number of carbonyl (C=O) groups excluding carboxylic acids is 1. The van der Waals surface area contributed by atoms with E-state index in [4.69, 9.17) is 0 Å². The second kappa shape index (κ2) is 7.33. The van der Waals surface area contributed by atoms with Crippen LogP contribution in [0.1, 0.15) is 27.0 Å². The summed E-state index contributed by atoms with van der Waals surface area (Å²) in [5, 5.41) is 13.4. The van der Waals surface area contributed by atoms with Gasteiger partial charge in [0.05, 0.1) is 6.21 Å². The molecule has 1 aliphatic rings. The quantitative estimate of drug-likeness (QED) is 0.553. The van der Waals surface area contributed by atoms with Crippen molar-refractivity contribution in [3.8, 4) is 5.75 Å². The molecule has 1 aliphatic heterocycles. The number of nitrogens with one attached hydrogen (secondary N) is 1. The van der Waals surface area contributed by atoms with Crippen molar-refractivity contribution in [2.45, 2.75) is 13.1 Å². The first-order chi connectivity index (χ1) is 13.2. The maximum absolute atomic E-state index is 12.4. The van der Waals surface area contributed by atoms with Gasteiger partial charge in [-0.25, -0.2) is 5.43 Å². The summed E-state index contributed by atoms with van der Waals surface area (Å²) in [4.78, 5) is 14.6. The van der Waals surface area contributed by atoms with Crippen molar-refractivity contribution in [1.82, 2.24) is 5.43 Å². The molecule has 0 radical (unpaired) electrons. The van der Waals surface area contributed by atoms with Crippen molar-refractivity contribution < 1.29 is 9.90 Å². The number of rotatable bonds is 4. The zero-order valence-corrected chi connectivity index (χ0v) is 14.7. The van der Waals surface area contributed by atoms with Crippen LogP contribution in [0.15, 0.2) is 77.9 Å². The molecule has 0 saturated heterocycles. The number of phenols is 1. The van der Waals surface area contributed by atoms with Crippen molar-refractivity contribution in [2.75, 3.05) is 4.90 Å². The van der Waals surface area contributed by atoms with Crippen molar-refractivity contribution in [3.05, 3.63) is 95.1 Å². The number of anilines is 1. The minimum atomic E-state index is -0.273. The predicted molar refractivity (Wildman–Crippen MR) is 106 cm³/mol. The van der Waals surface area contributed by atoms with E-state index in [1.54, 1.807) is 30.3 Å². The van der Waals surface area contributed by atoms with E-state index in [0.717, 1.165) is 18.8 Å². The lowest BCUT2D eigenvalue weighted by atomic mass is 10.1. The fraction of sp³-hybridized carbons (Fsp3) is 0.0909. The molecule has 3 aromatic rings. The standard InChI is InChI=1S/C22H19N3O2/c26-21-10-3-5-16(11-21)13-23-24-22(27)17-8-4-9-20(12-17)25-14-18-6-1-2-7-19(18)15-25/h1-13,26H,14-15H2,(H,24,27)/b23-13+. The second-order valence-electron chi connectivity index (χ2n) is 6.47. The van der Waals surface area contributed by atoms with Gasteiger partial charge < -0.3 is 10.0 Å². The predicted octanol–water partition coefficient (Wildman–Crippen LogP) is 3.68. The molecule has 1 amide bonds. The van der Waals surface area contributed by atoms with Crippen molar-refractivity contribution in [1.29, 1.82) is 0 Å². The Bertz CT molecular complexity index is 989. The third kappa shape index (κ3) is 3.82. The van der Waals surface area contributed by atoms with Gasteiger partial charge in [-0.3, -0.25) is 4.79 Å². The number of nitrogens with zero attached hydrogens (tertiary/aromatic N) is 2. The molecule has 5 nitrogen and oxygen atoms in total. The molecule has 0 fully saturated rings. The number of amides is 1. The molecule has 0 saturated carbocycles. The van der Waals surface area contributed by atoms with Crippen molar-refractivity contribution >= 4 is 17.8 Å². The van der Waals surface area contributed by atoms with E-state index in [1.165, 1.54) is 17.3 Å². The highest BCUT2D eigenvalue weighted by Crippen LogP contribution is 2.28. The molecular formula is C22H19N3O2. The zero-order chi connectivity index (χ0) is 18.6. The first-order valence-corrected chi connectivity index (χ1v) is 8.73. The summed E-state index contributed by atoms with van der Waals surface area (Å²) in [6, 6.07) is 22.6. The highest BCUT2D eigenvalue weighted by Gasteiger charge is 2.19. The minimum absolute atomic E-state index is 0.157. The number of phenolic OH excluding ortho intramolecular Hbond substituents is 1. The highest BCUT2D eigenvalue weighted by atomic mass is 16.3.